The molecule has 0 fully saturated rings. The molecule has 0 atom stereocenters. The minimum atomic E-state index is -3.19. The molecule has 1 aromatic carbocycles. The van der Waals surface area contributed by atoms with Crippen LogP contribution in [0.1, 0.15) is 36.2 Å². The highest BCUT2D eigenvalue weighted by atomic mass is 32.2. The predicted molar refractivity (Wildman–Crippen MR) is 67.4 cm³/mol. The summed E-state index contributed by atoms with van der Waals surface area (Å²) in [5.74, 6) is -0.230. The molecule has 1 aliphatic rings. The van der Waals surface area contributed by atoms with Gasteiger partial charge in [0.25, 0.3) is 0 Å². The van der Waals surface area contributed by atoms with Gasteiger partial charge in [0.15, 0.2) is 15.6 Å². The molecule has 0 radical (unpaired) electrons. The largest absolute Gasteiger partial charge is 0.382 e. The summed E-state index contributed by atoms with van der Waals surface area (Å²) in [5, 5.41) is 9.68. The van der Waals surface area contributed by atoms with Gasteiger partial charge < -0.3 is 5.11 Å². The van der Waals surface area contributed by atoms with Gasteiger partial charge in [-0.2, -0.15) is 0 Å². The summed E-state index contributed by atoms with van der Waals surface area (Å²) in [7, 11) is -3.19. The third-order valence-corrected chi connectivity index (χ3v) is 4.97. The SMILES string of the molecule is CC(C)(O)C(=O)c1ccc2c(c1)CCCS2(=O)=O. The first-order valence-corrected chi connectivity index (χ1v) is 7.50. The highest BCUT2D eigenvalue weighted by Crippen LogP contribution is 2.27. The summed E-state index contributed by atoms with van der Waals surface area (Å²) < 4.78 is 23.6. The van der Waals surface area contributed by atoms with Gasteiger partial charge in [0, 0.05) is 5.56 Å². The second-order valence-electron chi connectivity index (χ2n) is 5.13. The van der Waals surface area contributed by atoms with Crippen molar-refractivity contribution in [3.05, 3.63) is 29.3 Å². The standard InChI is InChI=1S/C13H16O4S/c1-13(2,15)12(14)10-5-6-11-9(8-10)4-3-7-18(11,16)17/h5-6,8,15H,3-4,7H2,1-2H3. The van der Waals surface area contributed by atoms with Crippen molar-refractivity contribution < 1.29 is 18.3 Å². The molecule has 0 amide bonds. The fourth-order valence-corrected chi connectivity index (χ4v) is 3.72. The molecule has 1 aromatic rings. The van der Waals surface area contributed by atoms with Crippen LogP contribution in [-0.2, 0) is 16.3 Å². The fourth-order valence-electron chi connectivity index (χ4n) is 2.14. The molecule has 1 heterocycles. The second-order valence-corrected chi connectivity index (χ2v) is 7.21. The van der Waals surface area contributed by atoms with E-state index in [1.807, 2.05) is 0 Å². The first kappa shape index (κ1) is 13.2. The van der Waals surface area contributed by atoms with Crippen molar-refractivity contribution >= 4 is 15.6 Å². The van der Waals surface area contributed by atoms with Crippen LogP contribution >= 0.6 is 0 Å². The summed E-state index contributed by atoms with van der Waals surface area (Å²) in [6.45, 7) is 2.84. The number of carbonyl (C=O) groups excluding carboxylic acids is 1. The highest BCUT2D eigenvalue weighted by Gasteiger charge is 2.28. The lowest BCUT2D eigenvalue weighted by Gasteiger charge is -2.19. The van der Waals surface area contributed by atoms with Crippen LogP contribution in [0.15, 0.2) is 23.1 Å². The Balaban J connectivity index is 2.49. The van der Waals surface area contributed by atoms with Crippen molar-refractivity contribution in [2.75, 3.05) is 5.75 Å². The average Bonchev–Trinajstić information content (AvgIpc) is 2.26. The maximum Gasteiger partial charge on any atom is 0.193 e. The van der Waals surface area contributed by atoms with Gasteiger partial charge >= 0.3 is 0 Å². The van der Waals surface area contributed by atoms with Crippen LogP contribution in [0.5, 0.6) is 0 Å². The van der Waals surface area contributed by atoms with E-state index in [0.29, 0.717) is 28.9 Å². The molecular weight excluding hydrogens is 252 g/mol. The summed E-state index contributed by atoms with van der Waals surface area (Å²) in [4.78, 5) is 12.2. The quantitative estimate of drug-likeness (QED) is 0.822. The fraction of sp³-hybridized carbons (Fsp3) is 0.462. The summed E-state index contributed by atoms with van der Waals surface area (Å²) in [5.41, 5.74) is -0.406. The lowest BCUT2D eigenvalue weighted by atomic mass is 9.95. The number of aliphatic hydroxyl groups is 1. The molecule has 4 nitrogen and oxygen atoms in total. The Hall–Kier alpha value is -1.20. The van der Waals surface area contributed by atoms with Gasteiger partial charge in [-0.25, -0.2) is 8.42 Å². The van der Waals surface area contributed by atoms with Crippen molar-refractivity contribution in [1.82, 2.24) is 0 Å². The first-order valence-electron chi connectivity index (χ1n) is 5.85. The van der Waals surface area contributed by atoms with Gasteiger partial charge in [0.2, 0.25) is 0 Å². The molecule has 1 N–H and O–H groups in total. The molecule has 0 aromatic heterocycles. The van der Waals surface area contributed by atoms with Crippen LogP contribution in [0.2, 0.25) is 0 Å². The highest BCUT2D eigenvalue weighted by molar-refractivity contribution is 7.91. The number of hydrogen-bond acceptors (Lipinski definition) is 4. The van der Waals surface area contributed by atoms with Gasteiger partial charge in [-0.3, -0.25) is 4.79 Å². The zero-order chi connectivity index (χ0) is 13.6. The smallest absolute Gasteiger partial charge is 0.193 e. The molecule has 0 bridgehead atoms. The molecule has 0 saturated carbocycles. The maximum absolute atomic E-state index is 11.9. The summed E-state index contributed by atoms with van der Waals surface area (Å²) >= 11 is 0. The van der Waals surface area contributed by atoms with E-state index < -0.39 is 21.2 Å². The predicted octanol–water partition coefficient (Wildman–Crippen LogP) is 1.36. The normalized spacial score (nSPS) is 18.2. The Labute approximate surface area is 107 Å². The van der Waals surface area contributed by atoms with Crippen molar-refractivity contribution in [2.24, 2.45) is 0 Å². The van der Waals surface area contributed by atoms with E-state index in [0.717, 1.165) is 0 Å². The molecule has 98 valence electrons. The topological polar surface area (TPSA) is 71.4 Å². The molecule has 0 aliphatic carbocycles. The van der Waals surface area contributed by atoms with Crippen molar-refractivity contribution in [3.63, 3.8) is 0 Å². The van der Waals surface area contributed by atoms with Gasteiger partial charge in [0.1, 0.15) is 5.60 Å². The molecule has 0 saturated heterocycles. The molecule has 0 unspecified atom stereocenters. The van der Waals surface area contributed by atoms with E-state index in [1.165, 1.54) is 26.0 Å². The Kier molecular flexibility index (Phi) is 3.07. The van der Waals surface area contributed by atoms with Crippen LogP contribution in [0, 0.1) is 0 Å². The maximum atomic E-state index is 11.9. The molecule has 0 spiro atoms. The minimum absolute atomic E-state index is 0.165. The number of sulfone groups is 1. The number of aryl methyl sites for hydroxylation is 1. The number of ketones is 1. The third kappa shape index (κ3) is 2.33. The van der Waals surface area contributed by atoms with Gasteiger partial charge in [-0.1, -0.05) is 0 Å². The van der Waals surface area contributed by atoms with Crippen LogP contribution < -0.4 is 0 Å². The van der Waals surface area contributed by atoms with Crippen LogP contribution in [0.3, 0.4) is 0 Å². The monoisotopic (exact) mass is 268 g/mol. The van der Waals surface area contributed by atoms with E-state index in [9.17, 15) is 18.3 Å². The molecule has 5 heteroatoms. The van der Waals surface area contributed by atoms with E-state index >= 15 is 0 Å². The van der Waals surface area contributed by atoms with Crippen LogP contribution in [-0.4, -0.2) is 30.7 Å². The number of fused-ring (bicyclic) bond motifs is 1. The number of carbonyl (C=O) groups is 1. The summed E-state index contributed by atoms with van der Waals surface area (Å²) in [6.07, 6.45) is 1.23. The summed E-state index contributed by atoms with van der Waals surface area (Å²) in [6, 6.07) is 4.54. The number of Topliss-reactive ketones (excluding diaryl/α,β-unsaturated/α-hetero) is 1. The number of hydrogen-bond donors (Lipinski definition) is 1. The number of benzene rings is 1. The second kappa shape index (κ2) is 4.17. The van der Waals surface area contributed by atoms with Crippen LogP contribution in [0.25, 0.3) is 0 Å². The Morgan fingerprint density at radius 1 is 1.33 bits per heavy atom. The van der Waals surface area contributed by atoms with Crippen molar-refractivity contribution in [1.29, 1.82) is 0 Å². The zero-order valence-electron chi connectivity index (χ0n) is 10.4. The lowest BCUT2D eigenvalue weighted by molar-refractivity contribution is 0.0488. The van der Waals surface area contributed by atoms with E-state index in [4.69, 9.17) is 0 Å². The number of rotatable bonds is 2. The van der Waals surface area contributed by atoms with E-state index in [2.05, 4.69) is 0 Å². The van der Waals surface area contributed by atoms with Gasteiger partial charge in [-0.05, 0) is 50.5 Å². The zero-order valence-corrected chi connectivity index (χ0v) is 11.3. The minimum Gasteiger partial charge on any atom is -0.382 e. The van der Waals surface area contributed by atoms with Gasteiger partial charge in [0.05, 0.1) is 10.6 Å². The van der Waals surface area contributed by atoms with Crippen molar-refractivity contribution in [3.8, 4) is 0 Å². The molecule has 18 heavy (non-hydrogen) atoms. The van der Waals surface area contributed by atoms with Crippen molar-refractivity contribution in [2.45, 2.75) is 37.2 Å². The van der Waals surface area contributed by atoms with E-state index in [-0.39, 0.29) is 5.75 Å². The van der Waals surface area contributed by atoms with Crippen LogP contribution in [0.4, 0.5) is 0 Å². The van der Waals surface area contributed by atoms with Gasteiger partial charge in [-0.15, -0.1) is 0 Å². The Bertz CT molecular complexity index is 594. The average molecular weight is 268 g/mol. The lowest BCUT2D eigenvalue weighted by Crippen LogP contribution is -2.31. The Morgan fingerprint density at radius 3 is 2.61 bits per heavy atom. The van der Waals surface area contributed by atoms with E-state index in [1.54, 1.807) is 6.07 Å². The molecular formula is C13H16O4S. The molecule has 1 aliphatic heterocycles. The first-order chi connectivity index (χ1) is 8.22. The molecule has 2 rings (SSSR count). The Morgan fingerprint density at radius 2 is 2.00 bits per heavy atom. The third-order valence-electron chi connectivity index (χ3n) is 3.07.